The van der Waals surface area contributed by atoms with E-state index in [2.05, 4.69) is 11.6 Å². The highest BCUT2D eigenvalue weighted by molar-refractivity contribution is 7.89. The summed E-state index contributed by atoms with van der Waals surface area (Å²) < 4.78 is 25.2. The minimum atomic E-state index is -3.43. The second-order valence-electron chi connectivity index (χ2n) is 9.10. The second kappa shape index (κ2) is 22.6. The fourth-order valence-corrected chi connectivity index (χ4v) is 5.04. The average molecular weight is 462 g/mol. The Kier molecular flexibility index (Phi) is 22.1. The highest BCUT2D eigenvalue weighted by Gasteiger charge is 2.10. The van der Waals surface area contributed by atoms with Crippen LogP contribution in [0, 0.1) is 0 Å². The van der Waals surface area contributed by atoms with E-state index in [1.54, 1.807) is 0 Å². The molecule has 0 rings (SSSR count). The number of hydrogen-bond donors (Lipinski definition) is 2. The van der Waals surface area contributed by atoms with E-state index in [0.29, 0.717) is 6.42 Å². The van der Waals surface area contributed by atoms with Gasteiger partial charge < -0.3 is 5.11 Å². The lowest BCUT2D eigenvalue weighted by atomic mass is 10.0. The Morgan fingerprint density at radius 1 is 0.581 bits per heavy atom. The number of nitrogens with one attached hydrogen (secondary N) is 1. The molecule has 0 bridgehead atoms. The van der Waals surface area contributed by atoms with E-state index < -0.39 is 22.5 Å². The maximum absolute atomic E-state index is 11.6. The molecule has 0 aliphatic heterocycles. The molecule has 0 aromatic heterocycles. The Hall–Kier alpha value is -0.620. The summed E-state index contributed by atoms with van der Waals surface area (Å²) >= 11 is 0. The molecule has 0 fully saturated rings. The van der Waals surface area contributed by atoms with Crippen LogP contribution in [0.1, 0.15) is 142 Å². The van der Waals surface area contributed by atoms with Gasteiger partial charge in [-0.2, -0.15) is 0 Å². The average Bonchev–Trinajstić information content (AvgIpc) is 2.73. The Balaban J connectivity index is 3.18. The van der Waals surface area contributed by atoms with Crippen LogP contribution in [-0.2, 0) is 14.8 Å². The van der Waals surface area contributed by atoms with Crippen LogP contribution < -0.4 is 4.72 Å². The molecular weight excluding hydrogens is 410 g/mol. The maximum atomic E-state index is 11.6. The molecule has 0 radical (unpaired) electrons. The van der Waals surface area contributed by atoms with E-state index in [1.807, 2.05) is 0 Å². The fourth-order valence-electron chi connectivity index (χ4n) is 3.97. The van der Waals surface area contributed by atoms with Gasteiger partial charge in [0.1, 0.15) is 6.54 Å². The lowest BCUT2D eigenvalue weighted by Gasteiger charge is -2.05. The van der Waals surface area contributed by atoms with Gasteiger partial charge in [-0.15, -0.1) is 0 Å². The molecule has 0 aromatic rings. The highest BCUT2D eigenvalue weighted by Crippen LogP contribution is 2.15. The van der Waals surface area contributed by atoms with E-state index in [9.17, 15) is 13.2 Å². The van der Waals surface area contributed by atoms with E-state index in [0.717, 1.165) is 12.8 Å². The fraction of sp³-hybridized carbons (Fsp3) is 0.960. The molecule has 186 valence electrons. The van der Waals surface area contributed by atoms with Gasteiger partial charge in [-0.05, 0) is 6.42 Å². The molecule has 5 nitrogen and oxygen atoms in total. The minimum absolute atomic E-state index is 0.0271. The van der Waals surface area contributed by atoms with Gasteiger partial charge in [0.25, 0.3) is 0 Å². The van der Waals surface area contributed by atoms with Crippen LogP contribution in [0.2, 0.25) is 0 Å². The Labute approximate surface area is 193 Å². The zero-order chi connectivity index (χ0) is 23.0. The number of carbonyl (C=O) groups is 1. The van der Waals surface area contributed by atoms with Gasteiger partial charge in [0.05, 0.1) is 5.75 Å². The van der Waals surface area contributed by atoms with Crippen molar-refractivity contribution in [2.45, 2.75) is 142 Å². The Morgan fingerprint density at radius 2 is 0.871 bits per heavy atom. The molecule has 0 saturated heterocycles. The number of hydrogen-bond acceptors (Lipinski definition) is 3. The van der Waals surface area contributed by atoms with Gasteiger partial charge in [-0.3, -0.25) is 4.79 Å². The first kappa shape index (κ1) is 30.4. The summed E-state index contributed by atoms with van der Waals surface area (Å²) in [5.74, 6) is -1.12. The van der Waals surface area contributed by atoms with Gasteiger partial charge >= 0.3 is 5.97 Å². The maximum Gasteiger partial charge on any atom is 0.318 e. The standard InChI is InChI=1S/C25H51NO4S/c1-2-3-4-5-6-7-8-9-10-11-12-13-14-15-16-17-18-19-20-21-22-23-31(29,30)26-24-25(27)28/h26H,2-24H2,1H3,(H,27,28). The Morgan fingerprint density at radius 3 is 1.16 bits per heavy atom. The number of carboxylic acid groups (broad SMARTS) is 1. The molecule has 0 aromatic carbocycles. The SMILES string of the molecule is CCCCCCCCCCCCCCCCCCCCCCCS(=O)(=O)NCC(=O)O. The van der Waals surface area contributed by atoms with Crippen molar-refractivity contribution in [1.82, 2.24) is 4.72 Å². The molecule has 31 heavy (non-hydrogen) atoms. The summed E-state index contributed by atoms with van der Waals surface area (Å²) in [5.41, 5.74) is 0. The van der Waals surface area contributed by atoms with Gasteiger partial charge in [-0.1, -0.05) is 135 Å². The molecular formula is C25H51NO4S. The van der Waals surface area contributed by atoms with Crippen molar-refractivity contribution < 1.29 is 18.3 Å². The first-order valence-electron chi connectivity index (χ1n) is 13.2. The van der Waals surface area contributed by atoms with Crippen LogP contribution in [-0.4, -0.2) is 31.8 Å². The van der Waals surface area contributed by atoms with Gasteiger partial charge in [0, 0.05) is 0 Å². The quantitative estimate of drug-likeness (QED) is 0.141. The summed E-state index contributed by atoms with van der Waals surface area (Å²) in [6.07, 6.45) is 27.3. The predicted molar refractivity (Wildman–Crippen MR) is 132 cm³/mol. The van der Waals surface area contributed by atoms with Crippen molar-refractivity contribution in [1.29, 1.82) is 0 Å². The van der Waals surface area contributed by atoms with Crippen molar-refractivity contribution in [3.8, 4) is 0 Å². The number of aliphatic carboxylic acids is 1. The third kappa shape index (κ3) is 25.5. The predicted octanol–water partition coefficient (Wildman–Crippen LogP) is 7.20. The smallest absolute Gasteiger partial charge is 0.318 e. The normalized spacial score (nSPS) is 11.8. The molecule has 2 N–H and O–H groups in total. The van der Waals surface area contributed by atoms with E-state index >= 15 is 0 Å². The lowest BCUT2D eigenvalue weighted by molar-refractivity contribution is -0.135. The number of carboxylic acids is 1. The molecule has 0 saturated carbocycles. The Bertz CT molecular complexity index is 494. The van der Waals surface area contributed by atoms with Crippen molar-refractivity contribution in [2.24, 2.45) is 0 Å². The van der Waals surface area contributed by atoms with Crippen LogP contribution in [0.5, 0.6) is 0 Å². The molecule has 0 atom stereocenters. The summed E-state index contributed by atoms with van der Waals surface area (Å²) in [5, 5.41) is 8.50. The van der Waals surface area contributed by atoms with Crippen molar-refractivity contribution in [3.05, 3.63) is 0 Å². The van der Waals surface area contributed by atoms with Crippen LogP contribution in [0.3, 0.4) is 0 Å². The van der Waals surface area contributed by atoms with Gasteiger partial charge in [-0.25, -0.2) is 13.1 Å². The van der Waals surface area contributed by atoms with E-state index in [1.165, 1.54) is 116 Å². The summed E-state index contributed by atoms with van der Waals surface area (Å²) in [4.78, 5) is 10.4. The number of rotatable bonds is 25. The van der Waals surface area contributed by atoms with Gasteiger partial charge in [0.15, 0.2) is 0 Å². The minimum Gasteiger partial charge on any atom is -0.480 e. The van der Waals surface area contributed by atoms with Crippen LogP contribution in [0.4, 0.5) is 0 Å². The molecule has 0 aliphatic carbocycles. The lowest BCUT2D eigenvalue weighted by Crippen LogP contribution is -2.31. The largest absolute Gasteiger partial charge is 0.480 e. The van der Waals surface area contributed by atoms with Crippen LogP contribution in [0.25, 0.3) is 0 Å². The van der Waals surface area contributed by atoms with E-state index in [-0.39, 0.29) is 5.75 Å². The summed E-state index contributed by atoms with van der Waals surface area (Å²) in [6, 6.07) is 0. The zero-order valence-electron chi connectivity index (χ0n) is 20.3. The van der Waals surface area contributed by atoms with Crippen molar-refractivity contribution in [3.63, 3.8) is 0 Å². The van der Waals surface area contributed by atoms with Crippen LogP contribution >= 0.6 is 0 Å². The van der Waals surface area contributed by atoms with Crippen LogP contribution in [0.15, 0.2) is 0 Å². The molecule has 6 heteroatoms. The van der Waals surface area contributed by atoms with Crippen molar-refractivity contribution in [2.75, 3.05) is 12.3 Å². The first-order chi connectivity index (χ1) is 15.0. The molecule has 0 spiro atoms. The molecule has 0 unspecified atom stereocenters. The summed E-state index contributed by atoms with van der Waals surface area (Å²) in [6.45, 7) is 1.75. The zero-order valence-corrected chi connectivity index (χ0v) is 21.2. The number of sulfonamides is 1. The first-order valence-corrected chi connectivity index (χ1v) is 14.8. The number of unbranched alkanes of at least 4 members (excludes halogenated alkanes) is 20. The highest BCUT2D eigenvalue weighted by atomic mass is 32.2. The monoisotopic (exact) mass is 461 g/mol. The third-order valence-electron chi connectivity index (χ3n) is 5.96. The third-order valence-corrected chi connectivity index (χ3v) is 7.37. The second-order valence-corrected chi connectivity index (χ2v) is 11.0. The topological polar surface area (TPSA) is 83.5 Å². The van der Waals surface area contributed by atoms with E-state index in [4.69, 9.17) is 5.11 Å². The molecule has 0 amide bonds. The molecule has 0 heterocycles. The van der Waals surface area contributed by atoms with Crippen molar-refractivity contribution >= 4 is 16.0 Å². The molecule has 0 aliphatic rings. The van der Waals surface area contributed by atoms with Gasteiger partial charge in [0.2, 0.25) is 10.0 Å². The summed E-state index contributed by atoms with van der Waals surface area (Å²) in [7, 11) is -3.43.